The average Bonchev–Trinajstić information content (AvgIpc) is 3.26. The van der Waals surface area contributed by atoms with E-state index in [0.29, 0.717) is 29.2 Å². The highest BCUT2D eigenvalue weighted by atomic mass is 32.2. The molecule has 1 aromatic heterocycles. The lowest BCUT2D eigenvalue weighted by atomic mass is 9.91. The van der Waals surface area contributed by atoms with Crippen LogP contribution in [0.25, 0.3) is 11.0 Å². The standard InChI is InChI=1S/C21H20FN3O3S/c22-14-3-4-15-17(12-14)28-23-18(15)13-5-7-24(8-6-13)9-10-25-20(26)16-2-1-11-29-19(16)21(25)27/h1-4,12-13H,5-11H2. The lowest BCUT2D eigenvalue weighted by molar-refractivity contribution is -0.137. The van der Waals surface area contributed by atoms with Crippen LogP contribution < -0.4 is 0 Å². The highest BCUT2D eigenvalue weighted by molar-refractivity contribution is 8.04. The number of piperidine rings is 1. The number of imide groups is 1. The molecule has 5 rings (SSSR count). The number of carbonyl (C=O) groups excluding carboxylic acids is 2. The van der Waals surface area contributed by atoms with Crippen LogP contribution in [0.3, 0.4) is 0 Å². The van der Waals surface area contributed by atoms with Gasteiger partial charge in [0, 0.05) is 36.2 Å². The molecular formula is C21H20FN3O3S. The Morgan fingerprint density at radius 3 is 2.79 bits per heavy atom. The van der Waals surface area contributed by atoms with Crippen LogP contribution in [-0.4, -0.2) is 58.7 Å². The summed E-state index contributed by atoms with van der Waals surface area (Å²) < 4.78 is 18.6. The number of fused-ring (bicyclic) bond motifs is 1. The summed E-state index contributed by atoms with van der Waals surface area (Å²) in [7, 11) is 0. The number of likely N-dealkylation sites (tertiary alicyclic amines) is 1. The summed E-state index contributed by atoms with van der Waals surface area (Å²) in [6.07, 6.45) is 5.51. The monoisotopic (exact) mass is 413 g/mol. The molecule has 0 atom stereocenters. The summed E-state index contributed by atoms with van der Waals surface area (Å²) in [6, 6.07) is 4.53. The third-order valence-electron chi connectivity index (χ3n) is 5.84. The van der Waals surface area contributed by atoms with Crippen LogP contribution in [0.5, 0.6) is 0 Å². The van der Waals surface area contributed by atoms with Crippen molar-refractivity contribution in [2.75, 3.05) is 31.9 Å². The summed E-state index contributed by atoms with van der Waals surface area (Å²) in [6.45, 7) is 2.80. The van der Waals surface area contributed by atoms with Gasteiger partial charge in [-0.2, -0.15) is 0 Å². The fraction of sp³-hybridized carbons (Fsp3) is 0.381. The summed E-state index contributed by atoms with van der Waals surface area (Å²) in [5, 5.41) is 5.06. The fourth-order valence-corrected chi connectivity index (χ4v) is 5.16. The van der Waals surface area contributed by atoms with E-state index in [-0.39, 0.29) is 23.5 Å². The molecule has 0 N–H and O–H groups in total. The summed E-state index contributed by atoms with van der Waals surface area (Å²) >= 11 is 1.44. The Labute approximate surface area is 171 Å². The first-order valence-electron chi connectivity index (χ1n) is 9.79. The smallest absolute Gasteiger partial charge is 0.268 e. The Balaban J connectivity index is 1.18. The van der Waals surface area contributed by atoms with E-state index in [2.05, 4.69) is 10.1 Å². The van der Waals surface area contributed by atoms with Crippen LogP contribution in [-0.2, 0) is 9.59 Å². The van der Waals surface area contributed by atoms with Gasteiger partial charge in [-0.1, -0.05) is 17.3 Å². The van der Waals surface area contributed by atoms with Crippen molar-refractivity contribution in [2.24, 2.45) is 0 Å². The molecule has 0 saturated carbocycles. The Morgan fingerprint density at radius 2 is 2.00 bits per heavy atom. The minimum Gasteiger partial charge on any atom is -0.356 e. The predicted molar refractivity (Wildman–Crippen MR) is 108 cm³/mol. The Morgan fingerprint density at radius 1 is 1.17 bits per heavy atom. The molecule has 0 spiro atoms. The van der Waals surface area contributed by atoms with Crippen LogP contribution in [0.1, 0.15) is 24.5 Å². The second kappa shape index (κ2) is 7.42. The third kappa shape index (κ3) is 3.30. The van der Waals surface area contributed by atoms with E-state index < -0.39 is 0 Å². The zero-order chi connectivity index (χ0) is 20.0. The van der Waals surface area contributed by atoms with E-state index in [1.165, 1.54) is 28.8 Å². The quantitative estimate of drug-likeness (QED) is 0.718. The second-order valence-corrected chi connectivity index (χ2v) is 8.57. The molecule has 4 heterocycles. The molecule has 1 fully saturated rings. The Bertz CT molecular complexity index is 1050. The zero-order valence-electron chi connectivity index (χ0n) is 15.8. The third-order valence-corrected chi connectivity index (χ3v) is 6.89. The number of benzene rings is 1. The first-order chi connectivity index (χ1) is 14.1. The Hall–Kier alpha value is -2.45. The first kappa shape index (κ1) is 18.6. The second-order valence-electron chi connectivity index (χ2n) is 7.54. The van der Waals surface area contributed by atoms with E-state index >= 15 is 0 Å². The molecular weight excluding hydrogens is 393 g/mol. The van der Waals surface area contributed by atoms with Gasteiger partial charge in [0.15, 0.2) is 5.58 Å². The van der Waals surface area contributed by atoms with Gasteiger partial charge in [0.05, 0.1) is 16.2 Å². The van der Waals surface area contributed by atoms with Crippen LogP contribution in [0, 0.1) is 5.82 Å². The van der Waals surface area contributed by atoms with E-state index in [1.807, 2.05) is 6.08 Å². The molecule has 150 valence electrons. The van der Waals surface area contributed by atoms with Gasteiger partial charge >= 0.3 is 0 Å². The predicted octanol–water partition coefficient (Wildman–Crippen LogP) is 3.07. The van der Waals surface area contributed by atoms with Crippen molar-refractivity contribution in [3.05, 3.63) is 52.3 Å². The molecule has 3 aliphatic rings. The molecule has 2 aromatic rings. The SMILES string of the molecule is O=C1C2=C(SCC=C2)C(=O)N1CCN1CCC(c2noc3cc(F)ccc23)CC1. The van der Waals surface area contributed by atoms with Crippen LogP contribution in [0.4, 0.5) is 4.39 Å². The van der Waals surface area contributed by atoms with Gasteiger partial charge in [-0.3, -0.25) is 14.5 Å². The number of aromatic nitrogens is 1. The molecule has 1 aromatic carbocycles. The summed E-state index contributed by atoms with van der Waals surface area (Å²) in [5.74, 6) is 0.345. The molecule has 0 radical (unpaired) electrons. The van der Waals surface area contributed by atoms with Crippen molar-refractivity contribution >= 4 is 34.5 Å². The topological polar surface area (TPSA) is 66.7 Å². The van der Waals surface area contributed by atoms with Crippen molar-refractivity contribution < 1.29 is 18.5 Å². The van der Waals surface area contributed by atoms with E-state index in [1.54, 1.807) is 12.1 Å². The van der Waals surface area contributed by atoms with Crippen molar-refractivity contribution in [1.82, 2.24) is 15.0 Å². The number of nitrogens with zero attached hydrogens (tertiary/aromatic N) is 3. The highest BCUT2D eigenvalue weighted by Crippen LogP contribution is 2.35. The number of halogens is 1. The maximum absolute atomic E-state index is 13.4. The Kier molecular flexibility index (Phi) is 4.75. The number of amides is 2. The largest absolute Gasteiger partial charge is 0.356 e. The minimum absolute atomic E-state index is 0.157. The number of hydrogen-bond donors (Lipinski definition) is 0. The maximum Gasteiger partial charge on any atom is 0.268 e. The molecule has 3 aliphatic heterocycles. The number of rotatable bonds is 4. The van der Waals surface area contributed by atoms with Gasteiger partial charge in [0.25, 0.3) is 11.8 Å². The van der Waals surface area contributed by atoms with E-state index in [0.717, 1.165) is 42.8 Å². The van der Waals surface area contributed by atoms with Crippen LogP contribution in [0.2, 0.25) is 0 Å². The molecule has 29 heavy (non-hydrogen) atoms. The fourth-order valence-electron chi connectivity index (χ4n) is 4.26. The van der Waals surface area contributed by atoms with Gasteiger partial charge in [-0.05, 0) is 38.1 Å². The van der Waals surface area contributed by atoms with E-state index in [4.69, 9.17) is 4.52 Å². The molecule has 0 aliphatic carbocycles. The van der Waals surface area contributed by atoms with Crippen molar-refractivity contribution in [2.45, 2.75) is 18.8 Å². The lowest BCUT2D eigenvalue weighted by Crippen LogP contribution is -2.41. The molecule has 0 bridgehead atoms. The molecule has 6 nitrogen and oxygen atoms in total. The average molecular weight is 413 g/mol. The van der Waals surface area contributed by atoms with Crippen molar-refractivity contribution in [3.8, 4) is 0 Å². The molecule has 1 saturated heterocycles. The molecule has 8 heteroatoms. The summed E-state index contributed by atoms with van der Waals surface area (Å²) in [5.41, 5.74) is 1.92. The van der Waals surface area contributed by atoms with Crippen molar-refractivity contribution in [3.63, 3.8) is 0 Å². The van der Waals surface area contributed by atoms with Gasteiger partial charge in [0.2, 0.25) is 0 Å². The van der Waals surface area contributed by atoms with Gasteiger partial charge in [0.1, 0.15) is 5.82 Å². The first-order valence-corrected chi connectivity index (χ1v) is 10.8. The van der Waals surface area contributed by atoms with Crippen LogP contribution in [0.15, 0.2) is 45.4 Å². The zero-order valence-corrected chi connectivity index (χ0v) is 16.6. The number of carbonyl (C=O) groups is 2. The number of hydrogen-bond acceptors (Lipinski definition) is 6. The summed E-state index contributed by atoms with van der Waals surface area (Å²) in [4.78, 5) is 29.2. The molecule has 2 amide bonds. The lowest BCUT2D eigenvalue weighted by Gasteiger charge is -2.32. The van der Waals surface area contributed by atoms with Gasteiger partial charge in [-0.15, -0.1) is 11.8 Å². The van der Waals surface area contributed by atoms with Gasteiger partial charge in [-0.25, -0.2) is 4.39 Å². The normalized spacial score (nSPS) is 20.9. The minimum atomic E-state index is -0.328. The van der Waals surface area contributed by atoms with Gasteiger partial charge < -0.3 is 9.42 Å². The van der Waals surface area contributed by atoms with E-state index in [9.17, 15) is 14.0 Å². The number of thioether (sulfide) groups is 1. The highest BCUT2D eigenvalue weighted by Gasteiger charge is 2.38. The van der Waals surface area contributed by atoms with Crippen molar-refractivity contribution in [1.29, 1.82) is 0 Å². The maximum atomic E-state index is 13.4. The molecule has 0 unspecified atom stereocenters. The van der Waals surface area contributed by atoms with Crippen LogP contribution >= 0.6 is 11.8 Å².